The summed E-state index contributed by atoms with van der Waals surface area (Å²) in [6.45, 7) is 4.08. The largest absolute Gasteiger partial charge is 0.497 e. The van der Waals surface area contributed by atoms with E-state index in [-0.39, 0.29) is 5.91 Å². The zero-order valence-corrected chi connectivity index (χ0v) is 18.5. The molecule has 0 unspecified atom stereocenters. The second-order valence-electron chi connectivity index (χ2n) is 7.53. The normalized spacial score (nSPS) is 11.1. The van der Waals surface area contributed by atoms with Gasteiger partial charge in [0.2, 0.25) is 5.91 Å². The third-order valence-electron chi connectivity index (χ3n) is 5.20. The number of amides is 1. The van der Waals surface area contributed by atoms with E-state index in [9.17, 15) is 4.79 Å². The third-order valence-corrected chi connectivity index (χ3v) is 5.20. The number of hydrogen-bond acceptors (Lipinski definition) is 4. The van der Waals surface area contributed by atoms with E-state index in [1.807, 2.05) is 41.8 Å². The average Bonchev–Trinajstić information content (AvgIpc) is 3.15. The minimum absolute atomic E-state index is 0.284. The first-order valence-corrected chi connectivity index (χ1v) is 10.3. The number of carbonyl (C=O) groups is 1. The van der Waals surface area contributed by atoms with Gasteiger partial charge in [0.05, 0.1) is 31.3 Å². The van der Waals surface area contributed by atoms with Crippen LogP contribution in [0.3, 0.4) is 0 Å². The Morgan fingerprint density at radius 3 is 2.47 bits per heavy atom. The first-order valence-electron chi connectivity index (χ1n) is 10.3. The topological polar surface area (TPSA) is 64.9 Å². The fourth-order valence-corrected chi connectivity index (χ4v) is 3.49. The van der Waals surface area contributed by atoms with E-state index >= 15 is 0 Å². The third kappa shape index (κ3) is 4.34. The number of fused-ring (bicyclic) bond motifs is 1. The lowest BCUT2D eigenvalue weighted by Crippen LogP contribution is -2.09. The van der Waals surface area contributed by atoms with Gasteiger partial charge in [0, 0.05) is 23.9 Å². The zero-order chi connectivity index (χ0) is 22.7. The highest BCUT2D eigenvalue weighted by Gasteiger charge is 2.13. The lowest BCUT2D eigenvalue weighted by Gasteiger charge is -2.10. The van der Waals surface area contributed by atoms with Gasteiger partial charge in [0.15, 0.2) is 0 Å². The molecule has 4 aromatic rings. The van der Waals surface area contributed by atoms with Crippen molar-refractivity contribution in [3.05, 3.63) is 83.7 Å². The van der Waals surface area contributed by atoms with Crippen LogP contribution in [-0.4, -0.2) is 29.5 Å². The minimum atomic E-state index is -0.284. The Labute approximate surface area is 187 Å². The van der Waals surface area contributed by atoms with Crippen LogP contribution in [0.2, 0.25) is 0 Å². The molecule has 0 saturated heterocycles. The van der Waals surface area contributed by atoms with Crippen LogP contribution in [-0.2, 0) is 4.79 Å². The molecule has 2 heterocycles. The lowest BCUT2D eigenvalue weighted by atomic mass is 10.1. The molecule has 32 heavy (non-hydrogen) atoms. The summed E-state index contributed by atoms with van der Waals surface area (Å²) < 4.78 is 12.6. The number of rotatable bonds is 6. The van der Waals surface area contributed by atoms with Gasteiger partial charge in [0.25, 0.3) is 0 Å². The van der Waals surface area contributed by atoms with Crippen LogP contribution in [0, 0.1) is 13.8 Å². The number of pyridine rings is 1. The van der Waals surface area contributed by atoms with Crippen molar-refractivity contribution < 1.29 is 14.3 Å². The van der Waals surface area contributed by atoms with E-state index in [1.54, 1.807) is 38.5 Å². The molecule has 6 heteroatoms. The molecule has 0 aliphatic carbocycles. The van der Waals surface area contributed by atoms with E-state index in [0.717, 1.165) is 28.2 Å². The van der Waals surface area contributed by atoms with Gasteiger partial charge in [-0.25, -0.2) is 4.98 Å². The van der Waals surface area contributed by atoms with Gasteiger partial charge in [0.1, 0.15) is 17.1 Å². The van der Waals surface area contributed by atoms with Crippen molar-refractivity contribution in [2.45, 2.75) is 13.8 Å². The van der Waals surface area contributed by atoms with Crippen LogP contribution in [0.25, 0.3) is 23.0 Å². The molecule has 0 saturated carbocycles. The van der Waals surface area contributed by atoms with Gasteiger partial charge < -0.3 is 14.8 Å². The molecule has 0 radical (unpaired) electrons. The highest BCUT2D eigenvalue weighted by molar-refractivity contribution is 6.03. The van der Waals surface area contributed by atoms with Crippen LogP contribution in [0.1, 0.15) is 16.8 Å². The number of nitrogens with zero attached hydrogens (tertiary/aromatic N) is 2. The number of imidazole rings is 1. The number of anilines is 1. The second kappa shape index (κ2) is 8.98. The van der Waals surface area contributed by atoms with Gasteiger partial charge in [-0.1, -0.05) is 29.8 Å². The molecule has 4 rings (SSSR count). The Morgan fingerprint density at radius 1 is 0.969 bits per heavy atom. The molecule has 162 valence electrons. The summed E-state index contributed by atoms with van der Waals surface area (Å²) in [6.07, 6.45) is 5.25. The van der Waals surface area contributed by atoms with Crippen LogP contribution in [0.4, 0.5) is 5.69 Å². The fraction of sp³-hybridized carbons (Fsp3) is 0.154. The summed E-state index contributed by atoms with van der Waals surface area (Å²) in [7, 11) is 3.13. The molecule has 1 amide bonds. The van der Waals surface area contributed by atoms with Crippen LogP contribution >= 0.6 is 0 Å². The standard InChI is InChI=1S/C26H25N3O3/c1-17-5-7-19(8-6-17)26-22(29-14-13-18(2)15-24(29)28-26)10-12-25(30)27-21-16-20(31-3)9-11-23(21)32-4/h5-16H,1-4H3,(H,27,30)/b12-10+. The number of methoxy groups -OCH3 is 2. The van der Waals surface area contributed by atoms with Gasteiger partial charge >= 0.3 is 0 Å². The zero-order valence-electron chi connectivity index (χ0n) is 18.5. The number of hydrogen-bond donors (Lipinski definition) is 1. The number of aryl methyl sites for hydroxylation is 2. The maximum atomic E-state index is 12.7. The van der Waals surface area contributed by atoms with Crippen molar-refractivity contribution >= 4 is 23.3 Å². The van der Waals surface area contributed by atoms with Crippen LogP contribution in [0.15, 0.2) is 66.9 Å². The number of ether oxygens (including phenoxy) is 2. The molecule has 0 bridgehead atoms. The smallest absolute Gasteiger partial charge is 0.248 e. The highest BCUT2D eigenvalue weighted by atomic mass is 16.5. The monoisotopic (exact) mass is 427 g/mol. The Hall–Kier alpha value is -4.06. The Morgan fingerprint density at radius 2 is 1.75 bits per heavy atom. The Bertz CT molecular complexity index is 1300. The van der Waals surface area contributed by atoms with E-state index in [1.165, 1.54) is 11.6 Å². The summed E-state index contributed by atoms with van der Waals surface area (Å²) in [5.41, 5.74) is 6.30. The number of aromatic nitrogens is 2. The second-order valence-corrected chi connectivity index (χ2v) is 7.53. The van der Waals surface area contributed by atoms with E-state index in [0.29, 0.717) is 17.2 Å². The molecule has 6 nitrogen and oxygen atoms in total. The minimum Gasteiger partial charge on any atom is -0.497 e. The molecule has 2 aromatic heterocycles. The molecule has 2 aromatic carbocycles. The predicted molar refractivity (Wildman–Crippen MR) is 127 cm³/mol. The molecular formula is C26H25N3O3. The van der Waals surface area contributed by atoms with Crippen molar-refractivity contribution in [3.8, 4) is 22.8 Å². The molecule has 0 fully saturated rings. The van der Waals surface area contributed by atoms with Gasteiger partial charge in [-0.15, -0.1) is 0 Å². The van der Waals surface area contributed by atoms with Crippen molar-refractivity contribution in [3.63, 3.8) is 0 Å². The van der Waals surface area contributed by atoms with Crippen molar-refractivity contribution in [1.82, 2.24) is 9.38 Å². The summed E-state index contributed by atoms with van der Waals surface area (Å²) in [4.78, 5) is 17.6. The Kier molecular flexibility index (Phi) is 5.94. The number of nitrogens with one attached hydrogen (secondary N) is 1. The first-order chi connectivity index (χ1) is 15.5. The number of benzene rings is 2. The summed E-state index contributed by atoms with van der Waals surface area (Å²) >= 11 is 0. The number of carbonyl (C=O) groups excluding carboxylic acids is 1. The summed E-state index contributed by atoms with van der Waals surface area (Å²) in [6, 6.07) is 17.5. The van der Waals surface area contributed by atoms with E-state index in [4.69, 9.17) is 14.5 Å². The van der Waals surface area contributed by atoms with Gasteiger partial charge in [-0.05, 0) is 49.8 Å². The molecule has 0 atom stereocenters. The first kappa shape index (κ1) is 21.2. The van der Waals surface area contributed by atoms with E-state index < -0.39 is 0 Å². The molecular weight excluding hydrogens is 402 g/mol. The molecule has 0 spiro atoms. The van der Waals surface area contributed by atoms with Crippen molar-refractivity contribution in [1.29, 1.82) is 0 Å². The predicted octanol–water partition coefficient (Wildman–Crippen LogP) is 5.29. The van der Waals surface area contributed by atoms with Gasteiger partial charge in [-0.3, -0.25) is 9.20 Å². The lowest BCUT2D eigenvalue weighted by molar-refractivity contribution is -0.111. The summed E-state index contributed by atoms with van der Waals surface area (Å²) in [5, 5.41) is 2.86. The SMILES string of the molecule is COc1ccc(OC)c(NC(=O)/C=C/c2c(-c3ccc(C)cc3)nc3cc(C)ccn23)c1. The Balaban J connectivity index is 1.70. The van der Waals surface area contributed by atoms with Crippen molar-refractivity contribution in [2.24, 2.45) is 0 Å². The van der Waals surface area contributed by atoms with Crippen LogP contribution < -0.4 is 14.8 Å². The molecule has 0 aliphatic heterocycles. The molecule has 0 aliphatic rings. The maximum Gasteiger partial charge on any atom is 0.248 e. The molecule has 1 N–H and O–H groups in total. The quantitative estimate of drug-likeness (QED) is 0.425. The summed E-state index contributed by atoms with van der Waals surface area (Å²) in [5.74, 6) is 0.899. The van der Waals surface area contributed by atoms with E-state index in [2.05, 4.69) is 24.4 Å². The highest BCUT2D eigenvalue weighted by Crippen LogP contribution is 2.29. The average molecular weight is 428 g/mol. The maximum absolute atomic E-state index is 12.7. The van der Waals surface area contributed by atoms with Gasteiger partial charge in [-0.2, -0.15) is 0 Å². The van der Waals surface area contributed by atoms with Crippen molar-refractivity contribution in [2.75, 3.05) is 19.5 Å². The van der Waals surface area contributed by atoms with Crippen LogP contribution in [0.5, 0.6) is 11.5 Å². The fourth-order valence-electron chi connectivity index (χ4n) is 3.49.